The zero-order chi connectivity index (χ0) is 19.8. The van der Waals surface area contributed by atoms with E-state index in [-0.39, 0.29) is 6.04 Å². The van der Waals surface area contributed by atoms with Crippen molar-refractivity contribution in [2.45, 2.75) is 50.7 Å². The SMILES string of the molecule is N#Cc1cc2c(nc1N1C[C@H]3C[C@@H](Nc4cnccn4)[C@H](O)C[C@H]3C1)CCCC2. The highest BCUT2D eigenvalue weighted by Crippen LogP contribution is 2.40. The number of hydrogen-bond donors (Lipinski definition) is 2. The molecule has 2 aliphatic carbocycles. The van der Waals surface area contributed by atoms with Crippen molar-refractivity contribution >= 4 is 11.6 Å². The quantitative estimate of drug-likeness (QED) is 0.830. The summed E-state index contributed by atoms with van der Waals surface area (Å²) in [5.41, 5.74) is 3.11. The number of anilines is 2. The van der Waals surface area contributed by atoms with E-state index in [4.69, 9.17) is 4.98 Å². The van der Waals surface area contributed by atoms with Crippen LogP contribution in [0, 0.1) is 23.2 Å². The summed E-state index contributed by atoms with van der Waals surface area (Å²) in [4.78, 5) is 15.6. The Balaban J connectivity index is 1.34. The van der Waals surface area contributed by atoms with Gasteiger partial charge in [-0.25, -0.2) is 9.97 Å². The molecule has 0 bridgehead atoms. The maximum Gasteiger partial charge on any atom is 0.146 e. The Morgan fingerprint density at radius 3 is 2.76 bits per heavy atom. The Hall–Kier alpha value is -2.72. The molecule has 5 rings (SSSR count). The van der Waals surface area contributed by atoms with Crippen molar-refractivity contribution in [1.82, 2.24) is 15.0 Å². The predicted molar refractivity (Wildman–Crippen MR) is 109 cm³/mol. The molecule has 1 saturated carbocycles. The number of aryl methyl sites for hydroxylation is 2. The standard InChI is InChI=1S/C22H26N6O/c23-10-15-7-14-3-1-2-4-18(14)27-22(15)28-12-16-8-19(20(29)9-17(16)13-28)26-21-11-24-5-6-25-21/h5-7,11,16-17,19-20,29H,1-4,8-9,12-13H2,(H,25,26)/t16-,17+,19-,20-/m1/s1. The average molecular weight is 390 g/mol. The molecule has 29 heavy (non-hydrogen) atoms. The summed E-state index contributed by atoms with van der Waals surface area (Å²) in [5, 5.41) is 23.8. The fourth-order valence-corrected chi connectivity index (χ4v) is 5.27. The number of hydrogen-bond acceptors (Lipinski definition) is 7. The molecule has 1 saturated heterocycles. The van der Waals surface area contributed by atoms with Crippen molar-refractivity contribution in [3.05, 3.63) is 41.5 Å². The molecule has 0 spiro atoms. The zero-order valence-electron chi connectivity index (χ0n) is 16.5. The number of pyridine rings is 1. The lowest BCUT2D eigenvalue weighted by atomic mass is 9.77. The molecule has 0 radical (unpaired) electrons. The van der Waals surface area contributed by atoms with Crippen molar-refractivity contribution < 1.29 is 5.11 Å². The van der Waals surface area contributed by atoms with E-state index < -0.39 is 6.10 Å². The lowest BCUT2D eigenvalue weighted by Crippen LogP contribution is -2.43. The molecule has 2 fully saturated rings. The van der Waals surface area contributed by atoms with Crippen LogP contribution >= 0.6 is 0 Å². The molecular weight excluding hydrogens is 364 g/mol. The maximum absolute atomic E-state index is 10.7. The number of aliphatic hydroxyl groups excluding tert-OH is 1. The van der Waals surface area contributed by atoms with E-state index in [0.29, 0.717) is 23.2 Å². The van der Waals surface area contributed by atoms with Crippen LogP contribution in [0.4, 0.5) is 11.6 Å². The Bertz CT molecular complexity index is 927. The van der Waals surface area contributed by atoms with E-state index in [2.05, 4.69) is 32.3 Å². The molecule has 2 N–H and O–H groups in total. The van der Waals surface area contributed by atoms with Gasteiger partial charge in [-0.3, -0.25) is 4.98 Å². The van der Waals surface area contributed by atoms with E-state index >= 15 is 0 Å². The van der Waals surface area contributed by atoms with Gasteiger partial charge in [-0.05, 0) is 62.0 Å². The molecule has 0 amide bonds. The first-order valence-electron chi connectivity index (χ1n) is 10.6. The van der Waals surface area contributed by atoms with Crippen molar-refractivity contribution in [2.24, 2.45) is 11.8 Å². The third-order valence-corrected chi connectivity index (χ3v) is 6.74. The highest BCUT2D eigenvalue weighted by molar-refractivity contribution is 5.57. The van der Waals surface area contributed by atoms with E-state index in [1.807, 2.05) is 0 Å². The maximum atomic E-state index is 10.7. The van der Waals surface area contributed by atoms with E-state index in [9.17, 15) is 10.4 Å². The fraction of sp³-hybridized carbons (Fsp3) is 0.545. The van der Waals surface area contributed by atoms with Gasteiger partial charge in [-0.1, -0.05) is 0 Å². The first-order valence-corrected chi connectivity index (χ1v) is 10.6. The van der Waals surface area contributed by atoms with Gasteiger partial charge in [0.05, 0.1) is 23.9 Å². The second-order valence-electron chi connectivity index (χ2n) is 8.59. The number of aromatic nitrogens is 3. The van der Waals surface area contributed by atoms with Crippen LogP contribution in [0.15, 0.2) is 24.7 Å². The average Bonchev–Trinajstić information content (AvgIpc) is 3.16. The number of nitrogens with one attached hydrogen (secondary N) is 1. The summed E-state index contributed by atoms with van der Waals surface area (Å²) in [6.45, 7) is 1.75. The van der Waals surface area contributed by atoms with Gasteiger partial charge in [0.1, 0.15) is 17.7 Å². The van der Waals surface area contributed by atoms with Crippen LogP contribution in [-0.2, 0) is 12.8 Å². The smallest absolute Gasteiger partial charge is 0.146 e. The molecule has 7 heteroatoms. The van der Waals surface area contributed by atoms with E-state index in [1.54, 1.807) is 18.6 Å². The van der Waals surface area contributed by atoms with Crippen LogP contribution < -0.4 is 10.2 Å². The largest absolute Gasteiger partial charge is 0.391 e. The van der Waals surface area contributed by atoms with Gasteiger partial charge in [0.15, 0.2) is 0 Å². The van der Waals surface area contributed by atoms with Crippen molar-refractivity contribution in [2.75, 3.05) is 23.3 Å². The monoisotopic (exact) mass is 390 g/mol. The molecule has 3 aliphatic rings. The summed E-state index contributed by atoms with van der Waals surface area (Å²) in [5.74, 6) is 2.44. The Kier molecular flexibility index (Phi) is 4.80. The summed E-state index contributed by atoms with van der Waals surface area (Å²) >= 11 is 0. The Labute approximate surface area is 170 Å². The molecule has 2 aromatic rings. The summed E-state index contributed by atoms with van der Waals surface area (Å²) in [6.07, 6.45) is 10.6. The minimum Gasteiger partial charge on any atom is -0.391 e. The molecule has 3 heterocycles. The Morgan fingerprint density at radius 1 is 1.14 bits per heavy atom. The predicted octanol–water partition coefficient (Wildman–Crippen LogP) is 2.31. The van der Waals surface area contributed by atoms with Crippen LogP contribution in [0.2, 0.25) is 0 Å². The van der Waals surface area contributed by atoms with Gasteiger partial charge in [0.2, 0.25) is 0 Å². The molecule has 0 unspecified atom stereocenters. The molecule has 4 atom stereocenters. The van der Waals surface area contributed by atoms with Crippen LogP contribution in [0.5, 0.6) is 0 Å². The third-order valence-electron chi connectivity index (χ3n) is 6.74. The van der Waals surface area contributed by atoms with E-state index in [1.165, 1.54) is 24.1 Å². The molecule has 1 aliphatic heterocycles. The molecule has 0 aromatic carbocycles. The number of fused-ring (bicyclic) bond motifs is 2. The minimum absolute atomic E-state index is 0.0279. The number of nitrogens with zero attached hydrogens (tertiary/aromatic N) is 5. The van der Waals surface area contributed by atoms with E-state index in [0.717, 1.165) is 44.6 Å². The summed E-state index contributed by atoms with van der Waals surface area (Å²) in [7, 11) is 0. The van der Waals surface area contributed by atoms with Crippen molar-refractivity contribution in [3.63, 3.8) is 0 Å². The van der Waals surface area contributed by atoms with Crippen molar-refractivity contribution in [3.8, 4) is 6.07 Å². The fourth-order valence-electron chi connectivity index (χ4n) is 5.27. The molecule has 150 valence electrons. The molecular formula is C22H26N6O. The van der Waals surface area contributed by atoms with Crippen LogP contribution in [0.3, 0.4) is 0 Å². The lowest BCUT2D eigenvalue weighted by Gasteiger charge is -2.35. The zero-order valence-corrected chi connectivity index (χ0v) is 16.5. The number of rotatable bonds is 3. The van der Waals surface area contributed by atoms with Crippen LogP contribution in [0.1, 0.15) is 42.5 Å². The first-order chi connectivity index (χ1) is 14.2. The third kappa shape index (κ3) is 3.53. The summed E-state index contributed by atoms with van der Waals surface area (Å²) in [6, 6.07) is 4.41. The highest BCUT2D eigenvalue weighted by Gasteiger charge is 2.42. The van der Waals surface area contributed by atoms with Gasteiger partial charge in [-0.15, -0.1) is 0 Å². The Morgan fingerprint density at radius 2 is 1.97 bits per heavy atom. The minimum atomic E-state index is -0.412. The molecule has 7 nitrogen and oxygen atoms in total. The summed E-state index contributed by atoms with van der Waals surface area (Å²) < 4.78 is 0. The van der Waals surface area contributed by atoms with Crippen molar-refractivity contribution in [1.29, 1.82) is 5.26 Å². The number of nitriles is 1. The second-order valence-corrected chi connectivity index (χ2v) is 8.59. The molecule has 2 aromatic heterocycles. The second kappa shape index (κ2) is 7.60. The lowest BCUT2D eigenvalue weighted by molar-refractivity contribution is 0.0737. The van der Waals surface area contributed by atoms with Gasteiger partial charge in [-0.2, -0.15) is 5.26 Å². The van der Waals surface area contributed by atoms with Gasteiger partial charge < -0.3 is 15.3 Å². The van der Waals surface area contributed by atoms with Crippen LogP contribution in [-0.4, -0.2) is 45.3 Å². The first kappa shape index (κ1) is 18.3. The van der Waals surface area contributed by atoms with Gasteiger partial charge in [0.25, 0.3) is 0 Å². The topological polar surface area (TPSA) is 98.0 Å². The van der Waals surface area contributed by atoms with Crippen LogP contribution in [0.25, 0.3) is 0 Å². The highest BCUT2D eigenvalue weighted by atomic mass is 16.3. The van der Waals surface area contributed by atoms with Gasteiger partial charge in [0, 0.05) is 31.2 Å². The van der Waals surface area contributed by atoms with Gasteiger partial charge >= 0.3 is 0 Å². The normalized spacial score (nSPS) is 28.3. The number of aliphatic hydroxyl groups is 1.